The number of H-pyrrole nitrogens is 1. The van der Waals surface area contributed by atoms with E-state index in [0.29, 0.717) is 12.8 Å². The Labute approximate surface area is 112 Å². The average molecular weight is 258 g/mol. The lowest BCUT2D eigenvalue weighted by Crippen LogP contribution is -2.03. The quantitative estimate of drug-likeness (QED) is 0.844. The fourth-order valence-electron chi connectivity index (χ4n) is 2.18. The van der Waals surface area contributed by atoms with Gasteiger partial charge in [0, 0.05) is 24.0 Å². The van der Waals surface area contributed by atoms with Crippen LogP contribution in [0.25, 0.3) is 6.08 Å². The molecule has 0 spiro atoms. The van der Waals surface area contributed by atoms with Gasteiger partial charge in [-0.1, -0.05) is 0 Å². The van der Waals surface area contributed by atoms with Gasteiger partial charge in [0.2, 0.25) is 0 Å². The Bertz CT molecular complexity index is 563. The van der Waals surface area contributed by atoms with Gasteiger partial charge in [0.15, 0.2) is 0 Å². The summed E-state index contributed by atoms with van der Waals surface area (Å²) >= 11 is 0. The average Bonchev–Trinajstić information content (AvgIpc) is 2.98. The zero-order chi connectivity index (χ0) is 13.8. The Hall–Kier alpha value is -2.10. The van der Waals surface area contributed by atoms with Gasteiger partial charge in [0.05, 0.1) is 12.8 Å². The summed E-state index contributed by atoms with van der Waals surface area (Å²) in [5.74, 6) is -0.185. The molecule has 0 amide bonds. The van der Waals surface area contributed by atoms with Crippen molar-refractivity contribution in [2.45, 2.75) is 26.7 Å². The summed E-state index contributed by atoms with van der Waals surface area (Å²) in [4.78, 5) is 18.9. The Morgan fingerprint density at radius 3 is 2.89 bits per heavy atom. The van der Waals surface area contributed by atoms with Gasteiger partial charge in [0.25, 0.3) is 0 Å². The van der Waals surface area contributed by atoms with E-state index >= 15 is 0 Å². The van der Waals surface area contributed by atoms with Crippen molar-refractivity contribution < 1.29 is 9.53 Å². The highest BCUT2D eigenvalue weighted by molar-refractivity contribution is 6.04. The van der Waals surface area contributed by atoms with Crippen LogP contribution in [0.3, 0.4) is 0 Å². The number of methoxy groups -OCH3 is 1. The van der Waals surface area contributed by atoms with Crippen LogP contribution in [0.5, 0.6) is 0 Å². The van der Waals surface area contributed by atoms with Gasteiger partial charge in [-0.05, 0) is 49.6 Å². The van der Waals surface area contributed by atoms with E-state index in [4.69, 9.17) is 0 Å². The topological polar surface area (TPSA) is 54.5 Å². The highest BCUT2D eigenvalue weighted by Crippen LogP contribution is 2.29. The number of nitrogens with zero attached hydrogens (tertiary/aromatic N) is 1. The number of nitrogens with one attached hydrogen (secondary N) is 1. The molecule has 0 radical (unpaired) electrons. The molecule has 1 aliphatic heterocycles. The normalized spacial score (nSPS) is 17.0. The maximum Gasteiger partial charge on any atom is 0.305 e. The van der Waals surface area contributed by atoms with Crippen molar-refractivity contribution in [3.63, 3.8) is 0 Å². The monoisotopic (exact) mass is 258 g/mol. The molecule has 0 aromatic carbocycles. The first-order valence-corrected chi connectivity index (χ1v) is 6.29. The Morgan fingerprint density at radius 2 is 2.26 bits per heavy atom. The van der Waals surface area contributed by atoms with Crippen molar-refractivity contribution >= 4 is 17.8 Å². The zero-order valence-corrected chi connectivity index (χ0v) is 11.5. The number of aromatic nitrogens is 1. The number of rotatable bonds is 4. The molecule has 0 fully saturated rings. The molecule has 0 atom stereocenters. The highest BCUT2D eigenvalue weighted by atomic mass is 16.5. The first-order chi connectivity index (χ1) is 9.11. The van der Waals surface area contributed by atoms with Gasteiger partial charge in [-0.3, -0.25) is 9.79 Å². The summed E-state index contributed by atoms with van der Waals surface area (Å²) in [6, 6.07) is 3.95. The number of ether oxygens (including phenoxy) is 1. The summed E-state index contributed by atoms with van der Waals surface area (Å²) in [5.41, 5.74) is 5.25. The Balaban J connectivity index is 2.18. The van der Waals surface area contributed by atoms with E-state index in [9.17, 15) is 4.79 Å². The molecule has 1 aromatic heterocycles. The second-order valence-corrected chi connectivity index (χ2v) is 4.53. The lowest BCUT2D eigenvalue weighted by atomic mass is 10.0. The molecule has 0 unspecified atom stereocenters. The first-order valence-electron chi connectivity index (χ1n) is 6.29. The van der Waals surface area contributed by atoms with Crippen LogP contribution in [0.1, 0.15) is 32.4 Å². The maximum absolute atomic E-state index is 11.2. The molecule has 0 saturated heterocycles. The lowest BCUT2D eigenvalue weighted by molar-refractivity contribution is -0.140. The minimum absolute atomic E-state index is 0.185. The smallest absolute Gasteiger partial charge is 0.305 e. The number of aromatic amines is 1. The summed E-state index contributed by atoms with van der Waals surface area (Å²) in [5, 5.41) is 0. The molecule has 1 aliphatic rings. The van der Waals surface area contributed by atoms with Gasteiger partial charge >= 0.3 is 5.97 Å². The van der Waals surface area contributed by atoms with E-state index in [1.165, 1.54) is 7.11 Å². The van der Waals surface area contributed by atoms with Crippen LogP contribution >= 0.6 is 0 Å². The number of hydrogen-bond acceptors (Lipinski definition) is 3. The van der Waals surface area contributed by atoms with Crippen molar-refractivity contribution in [3.05, 3.63) is 40.9 Å². The summed E-state index contributed by atoms with van der Waals surface area (Å²) in [7, 11) is 1.41. The van der Waals surface area contributed by atoms with Crippen LogP contribution in [0, 0.1) is 0 Å². The zero-order valence-electron chi connectivity index (χ0n) is 11.5. The van der Waals surface area contributed by atoms with E-state index in [-0.39, 0.29) is 5.97 Å². The third kappa shape index (κ3) is 3.02. The number of esters is 1. The van der Waals surface area contributed by atoms with Gasteiger partial charge in [-0.2, -0.15) is 0 Å². The van der Waals surface area contributed by atoms with Crippen LogP contribution in [0.4, 0.5) is 0 Å². The third-order valence-corrected chi connectivity index (χ3v) is 3.28. The molecule has 1 N–H and O–H groups in total. The van der Waals surface area contributed by atoms with Gasteiger partial charge in [0.1, 0.15) is 0 Å². The fraction of sp³-hybridized carbons (Fsp3) is 0.333. The minimum Gasteiger partial charge on any atom is -0.469 e. The molecule has 0 aliphatic carbocycles. The first kappa shape index (κ1) is 13.3. The van der Waals surface area contributed by atoms with Crippen molar-refractivity contribution in [2.75, 3.05) is 7.11 Å². The van der Waals surface area contributed by atoms with Crippen LogP contribution in [-0.2, 0) is 9.53 Å². The van der Waals surface area contributed by atoms with Crippen LogP contribution in [0.15, 0.2) is 40.2 Å². The highest BCUT2D eigenvalue weighted by Gasteiger charge is 2.18. The molecule has 100 valence electrons. The van der Waals surface area contributed by atoms with Crippen molar-refractivity contribution in [1.82, 2.24) is 4.98 Å². The number of carbonyl (C=O) groups excluding carboxylic acids is 1. The minimum atomic E-state index is -0.185. The van der Waals surface area contributed by atoms with Crippen LogP contribution < -0.4 is 0 Å². The molecular weight excluding hydrogens is 240 g/mol. The molecule has 1 aromatic rings. The van der Waals surface area contributed by atoms with E-state index < -0.39 is 0 Å². The number of carbonyl (C=O) groups is 1. The van der Waals surface area contributed by atoms with Gasteiger partial charge in [-0.15, -0.1) is 0 Å². The van der Waals surface area contributed by atoms with Crippen molar-refractivity contribution in [1.29, 1.82) is 0 Å². The molecule has 2 heterocycles. The van der Waals surface area contributed by atoms with Gasteiger partial charge < -0.3 is 9.72 Å². The second-order valence-electron chi connectivity index (χ2n) is 4.53. The lowest BCUT2D eigenvalue weighted by Gasteiger charge is -2.03. The summed E-state index contributed by atoms with van der Waals surface area (Å²) < 4.78 is 4.67. The largest absolute Gasteiger partial charge is 0.469 e. The SMILES string of the molecule is COC(=O)CCC1=C(C)/C(=C/c2ccc[nH]2)N=C1C. The van der Waals surface area contributed by atoms with E-state index in [2.05, 4.69) is 14.7 Å². The molecule has 4 nitrogen and oxygen atoms in total. The standard InChI is InChI=1S/C15H18N2O2/c1-10-13(6-7-15(18)19-3)11(2)17-14(10)9-12-5-4-8-16-12/h4-5,8-9,16H,6-7H2,1-3H3/b14-9-. The Morgan fingerprint density at radius 1 is 1.47 bits per heavy atom. The molecular formula is C15H18N2O2. The summed E-state index contributed by atoms with van der Waals surface area (Å²) in [6.45, 7) is 4.02. The number of allylic oxidation sites excluding steroid dienone is 2. The molecule has 0 saturated carbocycles. The summed E-state index contributed by atoms with van der Waals surface area (Å²) in [6.07, 6.45) is 4.97. The molecule has 0 bridgehead atoms. The van der Waals surface area contributed by atoms with E-state index in [0.717, 1.165) is 28.2 Å². The predicted molar refractivity (Wildman–Crippen MR) is 75.8 cm³/mol. The van der Waals surface area contributed by atoms with E-state index in [1.807, 2.05) is 38.3 Å². The molecule has 4 heteroatoms. The number of hydrogen-bond donors (Lipinski definition) is 1. The van der Waals surface area contributed by atoms with E-state index in [1.54, 1.807) is 0 Å². The Kier molecular flexibility index (Phi) is 4.00. The van der Waals surface area contributed by atoms with Gasteiger partial charge in [-0.25, -0.2) is 0 Å². The molecule has 2 rings (SSSR count). The fourth-order valence-corrected chi connectivity index (χ4v) is 2.18. The number of aliphatic imine (C=N–C) groups is 1. The predicted octanol–water partition coefficient (Wildman–Crippen LogP) is 3.10. The van der Waals surface area contributed by atoms with Crippen LogP contribution in [0.2, 0.25) is 0 Å². The van der Waals surface area contributed by atoms with Crippen LogP contribution in [-0.4, -0.2) is 23.8 Å². The maximum atomic E-state index is 11.2. The second kappa shape index (κ2) is 5.69. The van der Waals surface area contributed by atoms with Crippen molar-refractivity contribution in [3.8, 4) is 0 Å². The third-order valence-electron chi connectivity index (χ3n) is 3.28. The van der Waals surface area contributed by atoms with Crippen molar-refractivity contribution in [2.24, 2.45) is 4.99 Å². The molecule has 19 heavy (non-hydrogen) atoms.